The highest BCUT2D eigenvalue weighted by Gasteiger charge is 2.44. The Bertz CT molecular complexity index is 856. The molecule has 0 bridgehead atoms. The minimum Gasteiger partial charge on any atom is -0.497 e. The summed E-state index contributed by atoms with van der Waals surface area (Å²) in [6, 6.07) is 14.8. The van der Waals surface area contributed by atoms with Crippen LogP contribution in [0.5, 0.6) is 5.75 Å². The standard InChI is InChI=1S/C22H24N2O3/c1-23-20(15-9-11-16(27-2)12-10-15)19(22(26)24-13-5-6-14-24)17-7-3-4-8-18(17)21(23)25/h3-4,7-12,19-20H,5-6,13-14H2,1-2H3. The van der Waals surface area contributed by atoms with Crippen LogP contribution in [0.4, 0.5) is 0 Å². The number of fused-ring (bicyclic) bond motifs is 1. The average Bonchev–Trinajstić information content (AvgIpc) is 3.25. The number of hydrogen-bond acceptors (Lipinski definition) is 3. The van der Waals surface area contributed by atoms with E-state index in [0.29, 0.717) is 5.56 Å². The van der Waals surface area contributed by atoms with Crippen LogP contribution in [0.15, 0.2) is 48.5 Å². The van der Waals surface area contributed by atoms with Crippen LogP contribution in [-0.4, -0.2) is 48.9 Å². The third-order valence-electron chi connectivity index (χ3n) is 5.72. The quantitative estimate of drug-likeness (QED) is 0.840. The second kappa shape index (κ2) is 7.06. The number of likely N-dealkylation sites (tertiary alicyclic amines) is 1. The summed E-state index contributed by atoms with van der Waals surface area (Å²) in [5, 5.41) is 0. The van der Waals surface area contributed by atoms with Gasteiger partial charge in [-0.25, -0.2) is 0 Å². The van der Waals surface area contributed by atoms with E-state index >= 15 is 0 Å². The Hall–Kier alpha value is -2.82. The van der Waals surface area contributed by atoms with Crippen molar-refractivity contribution in [2.45, 2.75) is 24.8 Å². The van der Waals surface area contributed by atoms with Gasteiger partial charge in [0.15, 0.2) is 0 Å². The van der Waals surface area contributed by atoms with Crippen molar-refractivity contribution in [1.29, 1.82) is 0 Å². The lowest BCUT2D eigenvalue weighted by atomic mass is 9.79. The van der Waals surface area contributed by atoms with Gasteiger partial charge in [-0.1, -0.05) is 30.3 Å². The first-order chi connectivity index (χ1) is 13.1. The van der Waals surface area contributed by atoms with Crippen molar-refractivity contribution >= 4 is 11.8 Å². The number of ether oxygens (including phenoxy) is 1. The minimum atomic E-state index is -0.393. The Morgan fingerprint density at radius 2 is 1.70 bits per heavy atom. The van der Waals surface area contributed by atoms with Gasteiger partial charge in [0.2, 0.25) is 5.91 Å². The first-order valence-electron chi connectivity index (χ1n) is 9.40. The molecule has 2 amide bonds. The van der Waals surface area contributed by atoms with E-state index in [2.05, 4.69) is 0 Å². The molecule has 2 atom stereocenters. The van der Waals surface area contributed by atoms with Crippen LogP contribution in [0, 0.1) is 0 Å². The largest absolute Gasteiger partial charge is 0.497 e. The van der Waals surface area contributed by atoms with Crippen LogP contribution in [0.2, 0.25) is 0 Å². The van der Waals surface area contributed by atoms with Crippen LogP contribution in [0.25, 0.3) is 0 Å². The molecule has 140 valence electrons. The van der Waals surface area contributed by atoms with Crippen LogP contribution in [-0.2, 0) is 4.79 Å². The maximum atomic E-state index is 13.5. The molecule has 0 radical (unpaired) electrons. The summed E-state index contributed by atoms with van der Waals surface area (Å²) in [4.78, 5) is 30.1. The van der Waals surface area contributed by atoms with E-state index in [1.165, 1.54) is 0 Å². The van der Waals surface area contributed by atoms with Crippen molar-refractivity contribution in [2.24, 2.45) is 0 Å². The molecular weight excluding hydrogens is 340 g/mol. The molecule has 0 aliphatic carbocycles. The number of benzene rings is 2. The monoisotopic (exact) mass is 364 g/mol. The fraction of sp³-hybridized carbons (Fsp3) is 0.364. The fourth-order valence-electron chi connectivity index (χ4n) is 4.29. The molecule has 0 aromatic heterocycles. The summed E-state index contributed by atoms with van der Waals surface area (Å²) in [6.07, 6.45) is 2.09. The van der Waals surface area contributed by atoms with E-state index in [4.69, 9.17) is 4.74 Å². The van der Waals surface area contributed by atoms with Crippen molar-refractivity contribution in [2.75, 3.05) is 27.2 Å². The molecule has 5 heteroatoms. The van der Waals surface area contributed by atoms with Gasteiger partial charge in [0.25, 0.3) is 5.91 Å². The van der Waals surface area contributed by atoms with Crippen molar-refractivity contribution in [3.05, 3.63) is 65.2 Å². The number of methoxy groups -OCH3 is 1. The lowest BCUT2D eigenvalue weighted by Gasteiger charge is -2.41. The highest BCUT2D eigenvalue weighted by atomic mass is 16.5. The van der Waals surface area contributed by atoms with E-state index < -0.39 is 5.92 Å². The SMILES string of the molecule is COc1ccc(C2C(C(=O)N3CCCC3)c3ccccc3C(=O)N2C)cc1. The molecular formula is C22H24N2O3. The molecule has 2 aliphatic rings. The number of hydrogen-bond donors (Lipinski definition) is 0. The molecule has 5 nitrogen and oxygen atoms in total. The second-order valence-electron chi connectivity index (χ2n) is 7.23. The van der Waals surface area contributed by atoms with Gasteiger partial charge in [-0.3, -0.25) is 9.59 Å². The molecule has 0 spiro atoms. The summed E-state index contributed by atoms with van der Waals surface area (Å²) >= 11 is 0. The number of likely N-dealkylation sites (N-methyl/N-ethyl adjacent to an activating group) is 1. The highest BCUT2D eigenvalue weighted by Crippen LogP contribution is 2.43. The second-order valence-corrected chi connectivity index (χ2v) is 7.23. The highest BCUT2D eigenvalue weighted by molar-refractivity contribution is 6.01. The van der Waals surface area contributed by atoms with Crippen molar-refractivity contribution in [1.82, 2.24) is 9.80 Å². The molecule has 0 N–H and O–H groups in total. The first kappa shape index (κ1) is 17.6. The van der Waals surface area contributed by atoms with Crippen LogP contribution in [0.3, 0.4) is 0 Å². The Morgan fingerprint density at radius 3 is 2.37 bits per heavy atom. The van der Waals surface area contributed by atoms with Gasteiger partial charge in [0, 0.05) is 25.7 Å². The molecule has 27 heavy (non-hydrogen) atoms. The smallest absolute Gasteiger partial charge is 0.254 e. The van der Waals surface area contributed by atoms with E-state index in [1.807, 2.05) is 53.4 Å². The van der Waals surface area contributed by atoms with Crippen LogP contribution in [0.1, 0.15) is 46.3 Å². The molecule has 4 rings (SSSR count). The van der Waals surface area contributed by atoms with Gasteiger partial charge in [-0.05, 0) is 42.2 Å². The average molecular weight is 364 g/mol. The number of rotatable bonds is 3. The van der Waals surface area contributed by atoms with Crippen molar-refractivity contribution in [3.8, 4) is 5.75 Å². The van der Waals surface area contributed by atoms with Gasteiger partial charge in [0.05, 0.1) is 19.1 Å². The van der Waals surface area contributed by atoms with Gasteiger partial charge in [-0.2, -0.15) is 0 Å². The Kier molecular flexibility index (Phi) is 4.60. The van der Waals surface area contributed by atoms with E-state index in [1.54, 1.807) is 19.1 Å². The van der Waals surface area contributed by atoms with Gasteiger partial charge in [0.1, 0.15) is 5.75 Å². The number of amides is 2. The summed E-state index contributed by atoms with van der Waals surface area (Å²) in [7, 11) is 3.42. The molecule has 2 heterocycles. The third kappa shape index (κ3) is 2.97. The maximum Gasteiger partial charge on any atom is 0.254 e. The molecule has 2 aliphatic heterocycles. The molecule has 1 fully saturated rings. The number of carbonyl (C=O) groups is 2. The van der Waals surface area contributed by atoms with Gasteiger partial charge >= 0.3 is 0 Å². The van der Waals surface area contributed by atoms with Gasteiger partial charge in [-0.15, -0.1) is 0 Å². The van der Waals surface area contributed by atoms with E-state index in [9.17, 15) is 9.59 Å². The molecule has 2 unspecified atom stereocenters. The summed E-state index contributed by atoms with van der Waals surface area (Å²) in [6.45, 7) is 1.59. The topological polar surface area (TPSA) is 49.9 Å². The number of carbonyl (C=O) groups excluding carboxylic acids is 2. The Balaban J connectivity index is 1.82. The van der Waals surface area contributed by atoms with Crippen molar-refractivity contribution < 1.29 is 14.3 Å². The van der Waals surface area contributed by atoms with Crippen LogP contribution >= 0.6 is 0 Å². The molecule has 2 aromatic carbocycles. The fourth-order valence-corrected chi connectivity index (χ4v) is 4.29. The number of nitrogens with zero attached hydrogens (tertiary/aromatic N) is 2. The lowest BCUT2D eigenvalue weighted by Crippen LogP contribution is -2.46. The molecule has 0 saturated carbocycles. The molecule has 1 saturated heterocycles. The van der Waals surface area contributed by atoms with Gasteiger partial charge < -0.3 is 14.5 Å². The maximum absolute atomic E-state index is 13.5. The third-order valence-corrected chi connectivity index (χ3v) is 5.72. The normalized spacial score (nSPS) is 21.9. The lowest BCUT2D eigenvalue weighted by molar-refractivity contribution is -0.133. The van der Waals surface area contributed by atoms with Crippen LogP contribution < -0.4 is 4.74 Å². The predicted molar refractivity (Wildman–Crippen MR) is 103 cm³/mol. The zero-order valence-corrected chi connectivity index (χ0v) is 15.7. The predicted octanol–water partition coefficient (Wildman–Crippen LogP) is 3.23. The Labute approximate surface area is 159 Å². The summed E-state index contributed by atoms with van der Waals surface area (Å²) in [5.41, 5.74) is 2.40. The van der Waals surface area contributed by atoms with E-state index in [0.717, 1.165) is 42.8 Å². The van der Waals surface area contributed by atoms with E-state index in [-0.39, 0.29) is 17.9 Å². The van der Waals surface area contributed by atoms with Crippen molar-refractivity contribution in [3.63, 3.8) is 0 Å². The minimum absolute atomic E-state index is 0.0445. The summed E-state index contributed by atoms with van der Waals surface area (Å²) < 4.78 is 5.26. The molecule has 2 aromatic rings. The summed E-state index contributed by atoms with van der Waals surface area (Å²) in [5.74, 6) is 0.429. The Morgan fingerprint density at radius 1 is 1.04 bits per heavy atom. The zero-order chi connectivity index (χ0) is 19.0. The first-order valence-corrected chi connectivity index (χ1v) is 9.40. The zero-order valence-electron chi connectivity index (χ0n) is 15.7.